The minimum atomic E-state index is 0.00503. The Hall–Kier alpha value is -2.68. The first-order chi connectivity index (χ1) is 12.3. The van der Waals surface area contributed by atoms with Gasteiger partial charge >= 0.3 is 0 Å². The van der Waals surface area contributed by atoms with Gasteiger partial charge in [0.05, 0.1) is 11.7 Å². The lowest BCUT2D eigenvalue weighted by molar-refractivity contribution is 0.319. The number of benzene rings is 2. The molecule has 25 heavy (non-hydrogen) atoms. The maximum Gasteiger partial charge on any atom is 0.267 e. The van der Waals surface area contributed by atoms with E-state index in [0.29, 0.717) is 0 Å². The molecular weight excluding hydrogens is 308 g/mol. The van der Waals surface area contributed by atoms with E-state index in [1.54, 1.807) is 10.7 Å². The van der Waals surface area contributed by atoms with Gasteiger partial charge in [-0.05, 0) is 18.4 Å². The number of rotatable bonds is 3. The summed E-state index contributed by atoms with van der Waals surface area (Å²) in [4.78, 5) is 12.8. The first kappa shape index (κ1) is 15.8. The van der Waals surface area contributed by atoms with Gasteiger partial charge in [0.15, 0.2) is 0 Å². The third-order valence-corrected chi connectivity index (χ3v) is 5.01. The molecule has 2 aromatic carbocycles. The predicted octanol–water partition coefficient (Wildman–Crippen LogP) is 5.08. The summed E-state index contributed by atoms with van der Waals surface area (Å²) in [6.45, 7) is 0. The number of nitrogens with zero attached hydrogens (tertiary/aromatic N) is 2. The molecule has 0 spiro atoms. The van der Waals surface area contributed by atoms with Crippen LogP contribution in [0.2, 0.25) is 0 Å². The number of aromatic nitrogens is 2. The highest BCUT2D eigenvalue weighted by atomic mass is 16.1. The lowest BCUT2D eigenvalue weighted by atomic mass is 9.95. The molecule has 1 saturated carbocycles. The number of hydrogen-bond donors (Lipinski definition) is 0. The highest BCUT2D eigenvalue weighted by Gasteiger charge is 2.20. The van der Waals surface area contributed by atoms with Gasteiger partial charge in [-0.25, -0.2) is 4.68 Å². The minimum absolute atomic E-state index is 0.00503. The summed E-state index contributed by atoms with van der Waals surface area (Å²) < 4.78 is 1.73. The Morgan fingerprint density at radius 1 is 0.800 bits per heavy atom. The lowest BCUT2D eigenvalue weighted by Gasteiger charge is -2.24. The molecule has 1 heterocycles. The first-order valence-electron chi connectivity index (χ1n) is 9.07. The van der Waals surface area contributed by atoms with E-state index in [-0.39, 0.29) is 11.6 Å². The van der Waals surface area contributed by atoms with Crippen LogP contribution in [-0.4, -0.2) is 9.78 Å². The van der Waals surface area contributed by atoms with E-state index in [2.05, 4.69) is 12.1 Å². The molecule has 3 nitrogen and oxygen atoms in total. The van der Waals surface area contributed by atoms with Crippen molar-refractivity contribution in [1.29, 1.82) is 0 Å². The fourth-order valence-corrected chi connectivity index (χ4v) is 3.70. The van der Waals surface area contributed by atoms with E-state index < -0.39 is 0 Å². The molecule has 0 amide bonds. The monoisotopic (exact) mass is 330 g/mol. The van der Waals surface area contributed by atoms with Gasteiger partial charge in [0.2, 0.25) is 0 Å². The Labute approximate surface area is 148 Å². The van der Waals surface area contributed by atoms with Gasteiger partial charge in [-0.2, -0.15) is 5.10 Å². The van der Waals surface area contributed by atoms with Gasteiger partial charge < -0.3 is 0 Å². The largest absolute Gasteiger partial charge is 0.268 e. The van der Waals surface area contributed by atoms with Crippen LogP contribution < -0.4 is 5.56 Å². The normalized spacial score (nSPS) is 15.2. The zero-order chi connectivity index (χ0) is 17.1. The SMILES string of the molecule is O=c1cc(-c2ccccc2)c(-c2ccccc2)nn1C1CCCCC1. The predicted molar refractivity (Wildman–Crippen MR) is 101 cm³/mol. The second kappa shape index (κ2) is 7.06. The molecule has 0 radical (unpaired) electrons. The van der Waals surface area contributed by atoms with Crippen molar-refractivity contribution in [3.05, 3.63) is 77.1 Å². The summed E-state index contributed by atoms with van der Waals surface area (Å²) in [5, 5.41) is 4.85. The average molecular weight is 330 g/mol. The van der Waals surface area contributed by atoms with Crippen LogP contribution >= 0.6 is 0 Å². The van der Waals surface area contributed by atoms with E-state index in [9.17, 15) is 4.79 Å². The summed E-state index contributed by atoms with van der Waals surface area (Å²) in [6, 6.07) is 22.2. The third kappa shape index (κ3) is 3.27. The van der Waals surface area contributed by atoms with Crippen LogP contribution in [0.3, 0.4) is 0 Å². The van der Waals surface area contributed by atoms with Crippen LogP contribution in [0, 0.1) is 0 Å². The fraction of sp³-hybridized carbons (Fsp3) is 0.273. The molecule has 1 aromatic heterocycles. The molecule has 126 valence electrons. The van der Waals surface area contributed by atoms with Crippen LogP contribution in [0.5, 0.6) is 0 Å². The molecule has 0 atom stereocenters. The zero-order valence-electron chi connectivity index (χ0n) is 14.3. The van der Waals surface area contributed by atoms with Crippen molar-refractivity contribution in [3.63, 3.8) is 0 Å². The second-order valence-corrected chi connectivity index (χ2v) is 6.71. The maximum atomic E-state index is 12.8. The lowest BCUT2D eigenvalue weighted by Crippen LogP contribution is -2.29. The summed E-state index contributed by atoms with van der Waals surface area (Å²) in [5.41, 5.74) is 3.87. The number of hydrogen-bond acceptors (Lipinski definition) is 2. The standard InChI is InChI=1S/C22H22N2O/c25-21-16-20(17-10-4-1-5-11-17)22(18-12-6-2-7-13-18)23-24(21)19-14-8-3-9-15-19/h1-2,4-7,10-13,16,19H,3,8-9,14-15H2. The molecule has 1 fully saturated rings. The van der Waals surface area contributed by atoms with Gasteiger partial charge in [-0.15, -0.1) is 0 Å². The van der Waals surface area contributed by atoms with Crippen molar-refractivity contribution >= 4 is 0 Å². The van der Waals surface area contributed by atoms with Crippen molar-refractivity contribution in [3.8, 4) is 22.4 Å². The van der Waals surface area contributed by atoms with Gasteiger partial charge in [-0.3, -0.25) is 4.79 Å². The van der Waals surface area contributed by atoms with Gasteiger partial charge in [-0.1, -0.05) is 79.9 Å². The Morgan fingerprint density at radius 2 is 1.40 bits per heavy atom. The average Bonchev–Trinajstić information content (AvgIpc) is 2.70. The van der Waals surface area contributed by atoms with Crippen molar-refractivity contribution in [1.82, 2.24) is 9.78 Å². The maximum absolute atomic E-state index is 12.8. The fourth-order valence-electron chi connectivity index (χ4n) is 3.70. The summed E-state index contributed by atoms with van der Waals surface area (Å²) >= 11 is 0. The van der Waals surface area contributed by atoms with E-state index in [1.165, 1.54) is 19.3 Å². The Bertz CT molecular complexity index is 894. The van der Waals surface area contributed by atoms with Gasteiger partial charge in [0, 0.05) is 17.2 Å². The van der Waals surface area contributed by atoms with Crippen molar-refractivity contribution < 1.29 is 0 Å². The Kier molecular flexibility index (Phi) is 4.47. The topological polar surface area (TPSA) is 34.9 Å². The summed E-state index contributed by atoms with van der Waals surface area (Å²) in [5.74, 6) is 0. The molecule has 3 aromatic rings. The molecule has 1 aliphatic rings. The molecule has 0 aliphatic heterocycles. The van der Waals surface area contributed by atoms with Crippen molar-refractivity contribution in [2.45, 2.75) is 38.1 Å². The van der Waals surface area contributed by atoms with Crippen molar-refractivity contribution in [2.75, 3.05) is 0 Å². The molecular formula is C22H22N2O. The van der Waals surface area contributed by atoms with Crippen LogP contribution in [-0.2, 0) is 0 Å². The minimum Gasteiger partial charge on any atom is -0.268 e. The van der Waals surface area contributed by atoms with Crippen LogP contribution in [0.4, 0.5) is 0 Å². The Morgan fingerprint density at radius 3 is 2.04 bits per heavy atom. The molecule has 0 N–H and O–H groups in total. The Balaban J connectivity index is 1.89. The van der Waals surface area contributed by atoms with E-state index in [1.807, 2.05) is 48.5 Å². The third-order valence-electron chi connectivity index (χ3n) is 5.01. The van der Waals surface area contributed by atoms with E-state index in [4.69, 9.17) is 5.10 Å². The van der Waals surface area contributed by atoms with Crippen LogP contribution in [0.25, 0.3) is 22.4 Å². The van der Waals surface area contributed by atoms with E-state index in [0.717, 1.165) is 35.2 Å². The quantitative estimate of drug-likeness (QED) is 0.671. The smallest absolute Gasteiger partial charge is 0.267 e. The zero-order valence-corrected chi connectivity index (χ0v) is 14.3. The molecule has 1 aliphatic carbocycles. The first-order valence-corrected chi connectivity index (χ1v) is 9.07. The molecule has 0 unspecified atom stereocenters. The highest BCUT2D eigenvalue weighted by Crippen LogP contribution is 2.31. The molecule has 3 heteroatoms. The van der Waals surface area contributed by atoms with Crippen LogP contribution in [0.1, 0.15) is 38.1 Å². The van der Waals surface area contributed by atoms with Crippen LogP contribution in [0.15, 0.2) is 71.5 Å². The van der Waals surface area contributed by atoms with Gasteiger partial charge in [0.25, 0.3) is 5.56 Å². The summed E-state index contributed by atoms with van der Waals surface area (Å²) in [6.07, 6.45) is 5.72. The van der Waals surface area contributed by atoms with E-state index >= 15 is 0 Å². The second-order valence-electron chi connectivity index (χ2n) is 6.71. The molecule has 0 bridgehead atoms. The molecule has 4 rings (SSSR count). The van der Waals surface area contributed by atoms with Crippen molar-refractivity contribution in [2.24, 2.45) is 0 Å². The highest BCUT2D eigenvalue weighted by molar-refractivity contribution is 5.80. The molecule has 0 saturated heterocycles. The summed E-state index contributed by atoms with van der Waals surface area (Å²) in [7, 11) is 0. The van der Waals surface area contributed by atoms with Gasteiger partial charge in [0.1, 0.15) is 0 Å².